The summed E-state index contributed by atoms with van der Waals surface area (Å²) in [6.45, 7) is 7.80. The smallest absolute Gasteiger partial charge is 0.191 e. The number of hydrogen-bond donors (Lipinski definition) is 2. The molecule has 0 saturated carbocycles. The Hall–Kier alpha value is -2.09. The maximum Gasteiger partial charge on any atom is 0.191 e. The highest BCUT2D eigenvalue weighted by Crippen LogP contribution is 2.23. The van der Waals surface area contributed by atoms with Gasteiger partial charge in [-0.15, -0.1) is 0 Å². The fourth-order valence-electron chi connectivity index (χ4n) is 3.26. The summed E-state index contributed by atoms with van der Waals surface area (Å²) in [5, 5.41) is 11.1. The largest absolute Gasteiger partial charge is 0.497 e. The number of rotatable bonds is 8. The molecular weight excluding hydrogens is 372 g/mol. The van der Waals surface area contributed by atoms with Crippen molar-refractivity contribution in [2.24, 2.45) is 4.99 Å². The van der Waals surface area contributed by atoms with Crippen LogP contribution in [-0.2, 0) is 11.3 Å². The zero-order chi connectivity index (χ0) is 19.6. The summed E-state index contributed by atoms with van der Waals surface area (Å²) in [6, 6.07) is 10.7. The zero-order valence-corrected chi connectivity index (χ0v) is 17.5. The number of nitrogens with zero attached hydrogens (tertiary/aromatic N) is 2. The molecule has 2 N–H and O–H groups in total. The van der Waals surface area contributed by atoms with Crippen LogP contribution in [0.25, 0.3) is 0 Å². The summed E-state index contributed by atoms with van der Waals surface area (Å²) >= 11 is 1.70. The van der Waals surface area contributed by atoms with Crippen molar-refractivity contribution in [3.05, 3.63) is 52.2 Å². The number of guanidine groups is 1. The number of ether oxygens (including phenoxy) is 2. The molecule has 0 bridgehead atoms. The minimum absolute atomic E-state index is 0.250. The number of morpholine rings is 1. The number of methoxy groups -OCH3 is 1. The molecule has 1 atom stereocenters. The van der Waals surface area contributed by atoms with E-state index in [2.05, 4.69) is 51.4 Å². The standard InChI is InChI=1S/C21H30N4O2S/c1-3-22-21(23-14-17-8-13-28-16-17)24-15-20(25-9-11-27-12-10-25)18-4-6-19(26-2)7-5-18/h4-8,13,16,20H,3,9-12,14-15H2,1-2H3,(H2,22,23,24). The Bertz CT molecular complexity index is 713. The Morgan fingerprint density at radius 1 is 1.21 bits per heavy atom. The maximum absolute atomic E-state index is 5.55. The van der Waals surface area contributed by atoms with Crippen molar-refractivity contribution in [3.8, 4) is 5.75 Å². The third kappa shape index (κ3) is 5.95. The highest BCUT2D eigenvalue weighted by atomic mass is 32.1. The van der Waals surface area contributed by atoms with Gasteiger partial charge in [0, 0.05) is 26.2 Å². The van der Waals surface area contributed by atoms with Gasteiger partial charge in [0.05, 0.1) is 32.9 Å². The monoisotopic (exact) mass is 402 g/mol. The van der Waals surface area contributed by atoms with Gasteiger partial charge in [-0.2, -0.15) is 11.3 Å². The van der Waals surface area contributed by atoms with E-state index in [0.29, 0.717) is 6.54 Å². The maximum atomic E-state index is 5.55. The van der Waals surface area contributed by atoms with E-state index in [-0.39, 0.29) is 6.04 Å². The summed E-state index contributed by atoms with van der Waals surface area (Å²) in [6.07, 6.45) is 0. The zero-order valence-electron chi connectivity index (χ0n) is 16.7. The molecule has 6 nitrogen and oxygen atoms in total. The van der Waals surface area contributed by atoms with Gasteiger partial charge in [-0.05, 0) is 47.0 Å². The van der Waals surface area contributed by atoms with E-state index in [4.69, 9.17) is 14.5 Å². The molecule has 1 aromatic heterocycles. The van der Waals surface area contributed by atoms with Crippen molar-refractivity contribution in [3.63, 3.8) is 0 Å². The van der Waals surface area contributed by atoms with E-state index < -0.39 is 0 Å². The Morgan fingerprint density at radius 3 is 2.64 bits per heavy atom. The van der Waals surface area contributed by atoms with Gasteiger partial charge < -0.3 is 20.1 Å². The topological polar surface area (TPSA) is 58.1 Å². The van der Waals surface area contributed by atoms with Crippen LogP contribution in [0.1, 0.15) is 24.1 Å². The fraction of sp³-hybridized carbons (Fsp3) is 0.476. The lowest BCUT2D eigenvalue weighted by Gasteiger charge is -2.35. The molecule has 0 aliphatic carbocycles. The summed E-state index contributed by atoms with van der Waals surface area (Å²) < 4.78 is 10.9. The van der Waals surface area contributed by atoms with Gasteiger partial charge in [-0.1, -0.05) is 12.1 Å². The number of benzene rings is 1. The molecule has 1 saturated heterocycles. The SMILES string of the molecule is CCNC(=NCc1ccsc1)NCC(c1ccc(OC)cc1)N1CCOCC1. The molecule has 28 heavy (non-hydrogen) atoms. The van der Waals surface area contributed by atoms with Crippen molar-refractivity contribution in [2.45, 2.75) is 19.5 Å². The van der Waals surface area contributed by atoms with E-state index in [1.165, 1.54) is 11.1 Å². The molecule has 2 aromatic rings. The second kappa shape index (κ2) is 11.0. The molecule has 0 amide bonds. The molecule has 0 radical (unpaired) electrons. The molecule has 1 aromatic carbocycles. The number of thiophene rings is 1. The number of nitrogens with one attached hydrogen (secondary N) is 2. The normalized spacial score (nSPS) is 16.6. The summed E-state index contributed by atoms with van der Waals surface area (Å²) in [5.41, 5.74) is 2.51. The average molecular weight is 403 g/mol. The van der Waals surface area contributed by atoms with E-state index in [9.17, 15) is 0 Å². The Labute approximate surface area is 171 Å². The third-order valence-electron chi connectivity index (χ3n) is 4.79. The van der Waals surface area contributed by atoms with Gasteiger partial charge in [0.25, 0.3) is 0 Å². The van der Waals surface area contributed by atoms with E-state index in [1.807, 2.05) is 12.1 Å². The molecular formula is C21H30N4O2S. The average Bonchev–Trinajstić information content (AvgIpc) is 3.27. The highest BCUT2D eigenvalue weighted by molar-refractivity contribution is 7.07. The summed E-state index contributed by atoms with van der Waals surface area (Å²) in [7, 11) is 1.70. The first-order valence-electron chi connectivity index (χ1n) is 9.79. The van der Waals surface area contributed by atoms with Crippen molar-refractivity contribution >= 4 is 17.3 Å². The van der Waals surface area contributed by atoms with E-state index in [0.717, 1.165) is 51.1 Å². The predicted octanol–water partition coefficient (Wildman–Crippen LogP) is 2.89. The molecule has 1 fully saturated rings. The summed E-state index contributed by atoms with van der Waals surface area (Å²) in [5.74, 6) is 1.73. The van der Waals surface area contributed by atoms with Gasteiger partial charge in [-0.3, -0.25) is 4.90 Å². The Morgan fingerprint density at radius 2 is 2.00 bits per heavy atom. The van der Waals surface area contributed by atoms with Crippen LogP contribution in [0, 0.1) is 0 Å². The van der Waals surface area contributed by atoms with Crippen LogP contribution < -0.4 is 15.4 Å². The second-order valence-electron chi connectivity index (χ2n) is 6.64. The van der Waals surface area contributed by atoms with Crippen LogP contribution in [0.4, 0.5) is 0 Å². The van der Waals surface area contributed by atoms with Crippen LogP contribution in [0.2, 0.25) is 0 Å². The first-order chi connectivity index (χ1) is 13.8. The van der Waals surface area contributed by atoms with Crippen LogP contribution in [0.5, 0.6) is 5.75 Å². The lowest BCUT2D eigenvalue weighted by molar-refractivity contribution is 0.0170. The van der Waals surface area contributed by atoms with Gasteiger partial charge in [0.1, 0.15) is 5.75 Å². The Kier molecular flexibility index (Phi) is 8.14. The quantitative estimate of drug-likeness (QED) is 0.525. The molecule has 1 aliphatic rings. The number of hydrogen-bond acceptors (Lipinski definition) is 5. The molecule has 3 rings (SSSR count). The van der Waals surface area contributed by atoms with Gasteiger partial charge >= 0.3 is 0 Å². The highest BCUT2D eigenvalue weighted by Gasteiger charge is 2.23. The first-order valence-corrected chi connectivity index (χ1v) is 10.7. The van der Waals surface area contributed by atoms with Gasteiger partial charge in [0.15, 0.2) is 5.96 Å². The molecule has 2 heterocycles. The molecule has 0 spiro atoms. The lowest BCUT2D eigenvalue weighted by Crippen LogP contribution is -2.46. The van der Waals surface area contributed by atoms with Crippen molar-refractivity contribution in [2.75, 3.05) is 46.5 Å². The van der Waals surface area contributed by atoms with Crippen LogP contribution in [0.3, 0.4) is 0 Å². The van der Waals surface area contributed by atoms with Gasteiger partial charge in [-0.25, -0.2) is 4.99 Å². The Balaban J connectivity index is 1.70. The van der Waals surface area contributed by atoms with Crippen molar-refractivity contribution in [1.82, 2.24) is 15.5 Å². The van der Waals surface area contributed by atoms with E-state index in [1.54, 1.807) is 18.4 Å². The first kappa shape index (κ1) is 20.6. The molecule has 7 heteroatoms. The number of aliphatic imine (C=N–C) groups is 1. The minimum atomic E-state index is 0.250. The van der Waals surface area contributed by atoms with Gasteiger partial charge in [0.2, 0.25) is 0 Å². The second-order valence-corrected chi connectivity index (χ2v) is 7.42. The lowest BCUT2D eigenvalue weighted by atomic mass is 10.0. The predicted molar refractivity (Wildman–Crippen MR) is 115 cm³/mol. The molecule has 1 aliphatic heterocycles. The van der Waals surface area contributed by atoms with Crippen molar-refractivity contribution in [1.29, 1.82) is 0 Å². The van der Waals surface area contributed by atoms with Crippen molar-refractivity contribution < 1.29 is 9.47 Å². The third-order valence-corrected chi connectivity index (χ3v) is 5.53. The minimum Gasteiger partial charge on any atom is -0.497 e. The molecule has 1 unspecified atom stereocenters. The van der Waals surface area contributed by atoms with Crippen LogP contribution >= 0.6 is 11.3 Å². The summed E-state index contributed by atoms with van der Waals surface area (Å²) in [4.78, 5) is 7.20. The van der Waals surface area contributed by atoms with E-state index >= 15 is 0 Å². The van der Waals surface area contributed by atoms with Crippen LogP contribution in [-0.4, -0.2) is 57.4 Å². The fourth-order valence-corrected chi connectivity index (χ4v) is 3.92. The van der Waals surface area contributed by atoms with Crippen LogP contribution in [0.15, 0.2) is 46.1 Å². The molecule has 152 valence electrons.